The monoisotopic (exact) mass is 961 g/mol. The van der Waals surface area contributed by atoms with Gasteiger partial charge in [0.05, 0.1) is 43.2 Å². The number of fused-ring (bicyclic) bond motifs is 5. The van der Waals surface area contributed by atoms with E-state index < -0.39 is 129 Å². The summed E-state index contributed by atoms with van der Waals surface area (Å²) in [5, 5.41) is 132. The molecule has 18 nitrogen and oxygen atoms in total. The van der Waals surface area contributed by atoms with Crippen molar-refractivity contribution in [2.75, 3.05) is 13.2 Å². The van der Waals surface area contributed by atoms with E-state index in [2.05, 4.69) is 47.6 Å². The molecule has 0 aromatic rings. The summed E-state index contributed by atoms with van der Waals surface area (Å²) in [5.74, 6) is 0.731. The Bertz CT molecular complexity index is 1710. The van der Waals surface area contributed by atoms with Crippen LogP contribution in [-0.2, 0) is 28.4 Å². The van der Waals surface area contributed by atoms with E-state index in [0.29, 0.717) is 19.3 Å². The highest BCUT2D eigenvalue weighted by Crippen LogP contribution is 2.75. The molecule has 0 spiro atoms. The quantitative estimate of drug-likeness (QED) is 0.105. The lowest BCUT2D eigenvalue weighted by Gasteiger charge is -2.67. The molecule has 18 heteroatoms. The van der Waals surface area contributed by atoms with E-state index in [1.807, 2.05) is 0 Å². The minimum Gasteiger partial charge on any atom is -0.394 e. The Morgan fingerprint density at radius 2 is 1.24 bits per heavy atom. The second kappa shape index (κ2) is 19.8. The molecule has 6 fully saturated rings. The van der Waals surface area contributed by atoms with Crippen molar-refractivity contribution in [3.8, 4) is 0 Å². The lowest BCUT2D eigenvalue weighted by molar-refractivity contribution is -0.393. The Morgan fingerprint density at radius 3 is 1.82 bits per heavy atom. The first kappa shape index (κ1) is 53.8. The van der Waals surface area contributed by atoms with Crippen LogP contribution in [0.4, 0.5) is 0 Å². The first-order chi connectivity index (χ1) is 31.2. The van der Waals surface area contributed by atoms with E-state index in [9.17, 15) is 61.3 Å². The molecular formula is C49H84O18. The maximum Gasteiger partial charge on any atom is 0.187 e. The highest BCUT2D eigenvalue weighted by atomic mass is 16.8. The molecule has 7 rings (SSSR count). The van der Waals surface area contributed by atoms with Crippen LogP contribution in [0, 0.1) is 45.3 Å². The van der Waals surface area contributed by atoms with Crippen molar-refractivity contribution in [3.63, 3.8) is 0 Å². The van der Waals surface area contributed by atoms with Gasteiger partial charge in [0.25, 0.3) is 0 Å². The Kier molecular flexibility index (Phi) is 15.9. The fourth-order valence-electron chi connectivity index (χ4n) is 14.3. The molecule has 0 amide bonds. The van der Waals surface area contributed by atoms with Crippen LogP contribution < -0.4 is 0 Å². The fourth-order valence-corrected chi connectivity index (χ4v) is 14.3. The van der Waals surface area contributed by atoms with Crippen molar-refractivity contribution in [1.82, 2.24) is 0 Å². The van der Waals surface area contributed by atoms with Crippen LogP contribution in [0.3, 0.4) is 0 Å². The van der Waals surface area contributed by atoms with Crippen LogP contribution in [0.1, 0.15) is 120 Å². The van der Waals surface area contributed by atoms with Crippen LogP contribution in [0.15, 0.2) is 11.6 Å². The number of hydrogen-bond acceptors (Lipinski definition) is 18. The highest BCUT2D eigenvalue weighted by Gasteiger charge is 2.70. The van der Waals surface area contributed by atoms with Crippen molar-refractivity contribution in [1.29, 1.82) is 0 Å². The zero-order chi connectivity index (χ0) is 49.5. The van der Waals surface area contributed by atoms with Gasteiger partial charge in [-0.25, -0.2) is 0 Å². The molecule has 3 heterocycles. The first-order valence-electron chi connectivity index (χ1n) is 24.9. The van der Waals surface area contributed by atoms with Crippen molar-refractivity contribution in [2.24, 2.45) is 45.3 Å². The Labute approximate surface area is 395 Å². The molecule has 4 aliphatic carbocycles. The summed E-state index contributed by atoms with van der Waals surface area (Å²) in [4.78, 5) is 0. The molecule has 25 atom stereocenters. The zero-order valence-corrected chi connectivity index (χ0v) is 40.9. The second-order valence-electron chi connectivity index (χ2n) is 23.3. The standard InChI is InChI=1S/C49H84O18/c1-10-26-33(54)35(56)37(58)42(62-26)66-40-28(21-51)64-44(41(39(40)60)67-43-38(59)36(57)34(55)27(20-50)63-43)65-32(46(5,6)61)16-11-22(2)23-17-18-47(7)29-14-12-24-25(13-15-30(52)45(24,3)4)49(29,9)31(53)19-48(23,47)8/h12,22-23,25-44,50-61H,10-11,13-21H2,1-9H3/t22-,23?,25?,26+,27+,28-,29?,30+,31-,32-,33+,34+,35-,36-,37+,38+,39+,40-,41-,42-,43-,44+,47+,48-,49+/m1/s1. The van der Waals surface area contributed by atoms with Gasteiger partial charge >= 0.3 is 0 Å². The molecule has 0 radical (unpaired) electrons. The maximum atomic E-state index is 12.4. The lowest BCUT2D eigenvalue weighted by Crippen LogP contribution is -2.67. The summed E-state index contributed by atoms with van der Waals surface area (Å²) in [6.45, 7) is 16.8. The van der Waals surface area contributed by atoms with Crippen molar-refractivity contribution < 1.29 is 89.7 Å². The van der Waals surface area contributed by atoms with Gasteiger partial charge in [-0.1, -0.05) is 60.1 Å². The van der Waals surface area contributed by atoms with Gasteiger partial charge in [0.2, 0.25) is 0 Å². The molecule has 0 aromatic heterocycles. The molecule has 388 valence electrons. The van der Waals surface area contributed by atoms with E-state index in [1.165, 1.54) is 5.57 Å². The zero-order valence-electron chi connectivity index (χ0n) is 40.9. The molecule has 0 bridgehead atoms. The van der Waals surface area contributed by atoms with Gasteiger partial charge in [0.15, 0.2) is 18.9 Å². The summed E-state index contributed by atoms with van der Waals surface area (Å²) in [6, 6.07) is 0. The number of allylic oxidation sites excluding steroid dienone is 1. The van der Waals surface area contributed by atoms with Gasteiger partial charge < -0.3 is 89.7 Å². The minimum atomic E-state index is -1.90. The number of rotatable bonds is 14. The normalized spacial score (nSPS) is 51.0. The predicted molar refractivity (Wildman–Crippen MR) is 238 cm³/mol. The number of ether oxygens (including phenoxy) is 6. The average Bonchev–Trinajstić information content (AvgIpc) is 3.54. The van der Waals surface area contributed by atoms with E-state index >= 15 is 0 Å². The summed E-state index contributed by atoms with van der Waals surface area (Å²) >= 11 is 0. The van der Waals surface area contributed by atoms with Gasteiger partial charge in [-0.2, -0.15) is 0 Å². The van der Waals surface area contributed by atoms with Crippen molar-refractivity contribution >= 4 is 0 Å². The molecule has 12 N–H and O–H groups in total. The minimum absolute atomic E-state index is 0.0820. The van der Waals surface area contributed by atoms with E-state index in [0.717, 1.165) is 25.7 Å². The average molecular weight is 961 g/mol. The molecule has 3 aliphatic heterocycles. The third-order valence-electron chi connectivity index (χ3n) is 18.9. The van der Waals surface area contributed by atoms with Crippen molar-refractivity contribution in [2.45, 2.75) is 236 Å². The van der Waals surface area contributed by atoms with E-state index in [4.69, 9.17) is 28.4 Å². The number of hydrogen-bond donors (Lipinski definition) is 12. The molecule has 7 aliphatic rings. The van der Waals surface area contributed by atoms with Gasteiger partial charge in [-0.3, -0.25) is 0 Å². The largest absolute Gasteiger partial charge is 0.394 e. The van der Waals surface area contributed by atoms with Crippen LogP contribution in [0.2, 0.25) is 0 Å². The molecular weight excluding hydrogens is 877 g/mol. The van der Waals surface area contributed by atoms with E-state index in [-0.39, 0.29) is 58.2 Å². The van der Waals surface area contributed by atoms with E-state index in [1.54, 1.807) is 20.8 Å². The molecule has 67 heavy (non-hydrogen) atoms. The maximum absolute atomic E-state index is 12.4. The molecule has 3 saturated carbocycles. The Hall–Kier alpha value is -0.980. The Morgan fingerprint density at radius 1 is 0.672 bits per heavy atom. The summed E-state index contributed by atoms with van der Waals surface area (Å²) in [5.41, 5.74) is -1.24. The van der Waals surface area contributed by atoms with Gasteiger partial charge in [0.1, 0.15) is 67.1 Å². The number of aliphatic hydroxyl groups excluding tert-OH is 11. The van der Waals surface area contributed by atoms with Gasteiger partial charge in [-0.05, 0) is 106 Å². The lowest BCUT2D eigenvalue weighted by atomic mass is 9.38. The smallest absolute Gasteiger partial charge is 0.187 e. The third-order valence-corrected chi connectivity index (χ3v) is 18.9. The summed E-state index contributed by atoms with van der Waals surface area (Å²) < 4.78 is 36.4. The predicted octanol–water partition coefficient (Wildman–Crippen LogP) is 0.362. The van der Waals surface area contributed by atoms with Crippen LogP contribution in [0.5, 0.6) is 0 Å². The molecule has 0 aromatic carbocycles. The first-order valence-corrected chi connectivity index (χ1v) is 24.9. The number of aliphatic hydroxyl groups is 12. The highest BCUT2D eigenvalue weighted by molar-refractivity contribution is 5.31. The van der Waals surface area contributed by atoms with Crippen LogP contribution in [0.25, 0.3) is 0 Å². The van der Waals surface area contributed by atoms with Crippen LogP contribution in [-0.4, -0.2) is 191 Å². The topological polar surface area (TPSA) is 298 Å². The fraction of sp³-hybridized carbons (Fsp3) is 0.959. The summed E-state index contributed by atoms with van der Waals surface area (Å²) in [6.07, 6.45) is -17.8. The SMILES string of the molecule is CC[C@@H]1O[C@H](O[C@H]2[C@H](O)[C@@H](O[C@H]3O[C@@H](CO)[C@H](O)[C@@H](O)[C@@H]3O)[C@H](O[C@H](CC[C@@H](C)C3CC[C@@]4(C)C5CC=C6C(CC[C@H](O)C6(C)C)[C@]5(C)[C@H](O)C[C@]34C)C(C)(C)O)O[C@@H]2CO)[C@@H](O)[C@H](O)[C@H]1O. The second-order valence-corrected chi connectivity index (χ2v) is 23.3. The van der Waals surface area contributed by atoms with Gasteiger partial charge in [0, 0.05) is 10.8 Å². The van der Waals surface area contributed by atoms with Crippen molar-refractivity contribution in [3.05, 3.63) is 11.6 Å². The Balaban J connectivity index is 1.12. The molecule has 3 saturated heterocycles. The molecule has 3 unspecified atom stereocenters. The summed E-state index contributed by atoms with van der Waals surface area (Å²) in [7, 11) is 0. The van der Waals surface area contributed by atoms with Gasteiger partial charge in [-0.15, -0.1) is 0 Å². The third kappa shape index (κ3) is 9.15. The van der Waals surface area contributed by atoms with Crippen LogP contribution >= 0.6 is 0 Å².